The number of anilines is 2. The van der Waals surface area contributed by atoms with Crippen molar-refractivity contribution in [3.8, 4) is 0 Å². The van der Waals surface area contributed by atoms with E-state index in [0.29, 0.717) is 24.2 Å². The van der Waals surface area contributed by atoms with Gasteiger partial charge in [0.05, 0.1) is 16.3 Å². The number of benzene rings is 4. The molecule has 1 heterocycles. The zero-order chi connectivity index (χ0) is 28.3. The van der Waals surface area contributed by atoms with Gasteiger partial charge in [-0.2, -0.15) is 0 Å². The third kappa shape index (κ3) is 6.35. The molecule has 208 valence electrons. The number of fused-ring (bicyclic) bond motifs is 1. The first kappa shape index (κ1) is 27.8. The number of aryl methyl sites for hydroxylation is 1. The molecular formula is C30H31N3O5S2. The number of rotatable bonds is 8. The van der Waals surface area contributed by atoms with E-state index in [9.17, 15) is 21.6 Å². The third-order valence-corrected chi connectivity index (χ3v) is 10.4. The third-order valence-electron chi connectivity index (χ3n) is 7.15. The van der Waals surface area contributed by atoms with Crippen LogP contribution in [0.4, 0.5) is 11.4 Å². The molecule has 1 fully saturated rings. The number of carbonyl (C=O) groups is 1. The van der Waals surface area contributed by atoms with E-state index in [4.69, 9.17) is 0 Å². The molecule has 2 N–H and O–H groups in total. The van der Waals surface area contributed by atoms with Gasteiger partial charge in [0.1, 0.15) is 0 Å². The fourth-order valence-corrected chi connectivity index (χ4v) is 7.51. The van der Waals surface area contributed by atoms with Crippen molar-refractivity contribution < 1.29 is 21.6 Å². The summed E-state index contributed by atoms with van der Waals surface area (Å²) in [7, 11) is -7.31. The highest BCUT2D eigenvalue weighted by Crippen LogP contribution is 2.27. The lowest BCUT2D eigenvalue weighted by atomic mass is 9.97. The number of carbonyl (C=O) groups excluding carboxylic acids is 1. The van der Waals surface area contributed by atoms with Gasteiger partial charge < -0.3 is 5.32 Å². The second-order valence-electron chi connectivity index (χ2n) is 10.1. The predicted molar refractivity (Wildman–Crippen MR) is 158 cm³/mol. The number of piperidine rings is 1. The Labute approximate surface area is 235 Å². The minimum absolute atomic E-state index is 0.0608. The topological polar surface area (TPSA) is 113 Å². The molecule has 1 aliphatic rings. The van der Waals surface area contributed by atoms with Crippen LogP contribution in [-0.4, -0.2) is 40.1 Å². The van der Waals surface area contributed by atoms with Crippen LogP contribution in [0.15, 0.2) is 95.9 Å². The Morgan fingerprint density at radius 2 is 1.48 bits per heavy atom. The van der Waals surface area contributed by atoms with E-state index in [1.165, 1.54) is 16.4 Å². The molecule has 0 aliphatic carbocycles. The van der Waals surface area contributed by atoms with Gasteiger partial charge in [-0.15, -0.1) is 0 Å². The van der Waals surface area contributed by atoms with Crippen LogP contribution in [0.2, 0.25) is 0 Å². The summed E-state index contributed by atoms with van der Waals surface area (Å²) in [5.41, 5.74) is 2.77. The zero-order valence-corrected chi connectivity index (χ0v) is 23.7. The second kappa shape index (κ2) is 11.4. The minimum Gasteiger partial charge on any atom is -0.326 e. The van der Waals surface area contributed by atoms with Crippen LogP contribution in [0.3, 0.4) is 0 Å². The lowest BCUT2D eigenvalue weighted by molar-refractivity contribution is -0.120. The van der Waals surface area contributed by atoms with Crippen molar-refractivity contribution in [1.29, 1.82) is 0 Å². The summed E-state index contributed by atoms with van der Waals surface area (Å²) in [4.78, 5) is 13.0. The SMILES string of the molecule is Cc1ccc(CS(=O)(=O)N2CCC(C(=O)Nc3ccc(S(=O)(=O)Nc4cccc5ccccc45)cc3)CC2)cc1. The smallest absolute Gasteiger partial charge is 0.261 e. The molecule has 10 heteroatoms. The summed E-state index contributed by atoms with van der Waals surface area (Å²) >= 11 is 0. The first-order valence-corrected chi connectivity index (χ1v) is 16.1. The summed E-state index contributed by atoms with van der Waals surface area (Å²) in [6.45, 7) is 2.52. The quantitative estimate of drug-likeness (QED) is 0.302. The lowest BCUT2D eigenvalue weighted by Crippen LogP contribution is -2.41. The standard InChI is InChI=1S/C30H31N3O5S2/c1-22-9-11-23(12-10-22)21-39(35,36)33-19-17-25(18-20-33)30(34)31-26-13-15-27(16-14-26)40(37,38)32-29-8-4-6-24-5-2-3-7-28(24)29/h2-16,25,32H,17-21H2,1H3,(H,31,34). The number of sulfonamides is 2. The Morgan fingerprint density at radius 3 is 2.17 bits per heavy atom. The number of nitrogens with zero attached hydrogens (tertiary/aromatic N) is 1. The van der Waals surface area contributed by atoms with Crippen LogP contribution in [-0.2, 0) is 30.6 Å². The maximum atomic E-state index is 13.0. The van der Waals surface area contributed by atoms with E-state index in [1.807, 2.05) is 61.5 Å². The van der Waals surface area contributed by atoms with Crippen LogP contribution in [0.25, 0.3) is 10.8 Å². The molecule has 0 spiro atoms. The molecule has 0 radical (unpaired) electrons. The van der Waals surface area contributed by atoms with Gasteiger partial charge in [-0.1, -0.05) is 66.2 Å². The molecule has 1 saturated heterocycles. The van der Waals surface area contributed by atoms with Crippen molar-refractivity contribution in [2.75, 3.05) is 23.1 Å². The normalized spacial score (nSPS) is 15.1. The molecule has 1 aliphatic heterocycles. The highest BCUT2D eigenvalue weighted by Gasteiger charge is 2.31. The largest absolute Gasteiger partial charge is 0.326 e. The molecule has 8 nitrogen and oxygen atoms in total. The molecule has 0 bridgehead atoms. The van der Waals surface area contributed by atoms with E-state index in [-0.39, 0.29) is 35.6 Å². The van der Waals surface area contributed by atoms with Gasteiger partial charge in [0.15, 0.2) is 0 Å². The summed E-state index contributed by atoms with van der Waals surface area (Å²) in [5.74, 6) is -0.600. The van der Waals surface area contributed by atoms with Crippen molar-refractivity contribution in [2.45, 2.75) is 30.4 Å². The average Bonchev–Trinajstić information content (AvgIpc) is 2.94. The lowest BCUT2D eigenvalue weighted by Gasteiger charge is -2.30. The molecule has 0 unspecified atom stereocenters. The highest BCUT2D eigenvalue weighted by atomic mass is 32.2. The molecule has 1 amide bonds. The predicted octanol–water partition coefficient (Wildman–Crippen LogP) is 5.13. The summed E-state index contributed by atoms with van der Waals surface area (Å²) < 4.78 is 55.9. The Morgan fingerprint density at radius 1 is 0.825 bits per heavy atom. The molecule has 40 heavy (non-hydrogen) atoms. The summed E-state index contributed by atoms with van der Waals surface area (Å²) in [6, 6.07) is 26.4. The van der Waals surface area contributed by atoms with E-state index < -0.39 is 20.0 Å². The van der Waals surface area contributed by atoms with Crippen LogP contribution in [0.5, 0.6) is 0 Å². The van der Waals surface area contributed by atoms with Crippen molar-refractivity contribution in [3.05, 3.63) is 102 Å². The van der Waals surface area contributed by atoms with Gasteiger partial charge in [0.2, 0.25) is 15.9 Å². The fraction of sp³-hybridized carbons (Fsp3) is 0.233. The molecule has 5 rings (SSSR count). The molecule has 0 saturated carbocycles. The van der Waals surface area contributed by atoms with Crippen LogP contribution < -0.4 is 10.0 Å². The van der Waals surface area contributed by atoms with Gasteiger partial charge in [-0.05, 0) is 61.0 Å². The first-order valence-electron chi connectivity index (χ1n) is 13.1. The summed E-state index contributed by atoms with van der Waals surface area (Å²) in [6.07, 6.45) is 0.834. The fourth-order valence-electron chi connectivity index (χ4n) is 4.86. The first-order chi connectivity index (χ1) is 19.1. The van der Waals surface area contributed by atoms with Gasteiger partial charge in [0.25, 0.3) is 10.0 Å². The van der Waals surface area contributed by atoms with Crippen molar-refractivity contribution in [1.82, 2.24) is 4.31 Å². The van der Waals surface area contributed by atoms with Gasteiger partial charge in [0, 0.05) is 30.1 Å². The van der Waals surface area contributed by atoms with Crippen LogP contribution in [0, 0.1) is 12.8 Å². The Bertz CT molecular complexity index is 1720. The monoisotopic (exact) mass is 577 g/mol. The zero-order valence-electron chi connectivity index (χ0n) is 22.1. The maximum absolute atomic E-state index is 13.0. The number of nitrogens with one attached hydrogen (secondary N) is 2. The van der Waals surface area contributed by atoms with Crippen LogP contribution in [0.1, 0.15) is 24.0 Å². The number of amides is 1. The number of hydrogen-bond donors (Lipinski definition) is 2. The second-order valence-corrected chi connectivity index (χ2v) is 13.7. The molecule has 4 aromatic carbocycles. The van der Waals surface area contributed by atoms with Crippen LogP contribution >= 0.6 is 0 Å². The van der Waals surface area contributed by atoms with E-state index in [0.717, 1.165) is 21.9 Å². The Hall–Kier alpha value is -3.73. The molecular weight excluding hydrogens is 546 g/mol. The highest BCUT2D eigenvalue weighted by molar-refractivity contribution is 7.92. The molecule has 0 aromatic heterocycles. The molecule has 0 atom stereocenters. The number of hydrogen-bond acceptors (Lipinski definition) is 5. The van der Waals surface area contributed by atoms with Crippen molar-refractivity contribution >= 4 is 48.1 Å². The van der Waals surface area contributed by atoms with Crippen molar-refractivity contribution in [3.63, 3.8) is 0 Å². The Balaban J connectivity index is 1.17. The van der Waals surface area contributed by atoms with Gasteiger partial charge in [-0.3, -0.25) is 9.52 Å². The Kier molecular flexibility index (Phi) is 7.93. The van der Waals surface area contributed by atoms with E-state index in [1.54, 1.807) is 24.3 Å². The minimum atomic E-state index is -3.84. The summed E-state index contributed by atoms with van der Waals surface area (Å²) in [5, 5.41) is 4.56. The van der Waals surface area contributed by atoms with Gasteiger partial charge >= 0.3 is 0 Å². The van der Waals surface area contributed by atoms with E-state index in [2.05, 4.69) is 10.0 Å². The maximum Gasteiger partial charge on any atom is 0.261 e. The molecule has 4 aromatic rings. The van der Waals surface area contributed by atoms with Gasteiger partial charge in [-0.25, -0.2) is 21.1 Å². The van der Waals surface area contributed by atoms with E-state index >= 15 is 0 Å². The van der Waals surface area contributed by atoms with Crippen molar-refractivity contribution in [2.24, 2.45) is 5.92 Å². The average molecular weight is 578 g/mol.